The second kappa shape index (κ2) is 4.21. The van der Waals surface area contributed by atoms with Gasteiger partial charge in [-0.25, -0.2) is 0 Å². The molecule has 90 valence electrons. The van der Waals surface area contributed by atoms with Crippen molar-refractivity contribution in [2.75, 3.05) is 0 Å². The molecule has 2 rings (SSSR count). The predicted octanol–water partition coefficient (Wildman–Crippen LogP) is 2.59. The lowest BCUT2D eigenvalue weighted by molar-refractivity contribution is -0.142. The number of aliphatic hydroxyl groups excluding tert-OH is 1. The van der Waals surface area contributed by atoms with Crippen LogP contribution in [0.15, 0.2) is 30.3 Å². The number of rotatable bonds is 2. The van der Waals surface area contributed by atoms with Gasteiger partial charge >= 0.3 is 6.18 Å². The highest BCUT2D eigenvalue weighted by atomic mass is 19.4. The van der Waals surface area contributed by atoms with Crippen LogP contribution >= 0.6 is 0 Å². The van der Waals surface area contributed by atoms with Crippen molar-refractivity contribution in [3.63, 3.8) is 0 Å². The van der Waals surface area contributed by atoms with Crippen LogP contribution in [0.2, 0.25) is 0 Å². The van der Waals surface area contributed by atoms with E-state index in [9.17, 15) is 13.2 Å². The predicted molar refractivity (Wildman–Crippen MR) is 54.9 cm³/mol. The second-order valence-corrected chi connectivity index (χ2v) is 3.45. The summed E-state index contributed by atoms with van der Waals surface area (Å²) in [5.41, 5.74) is -0.578. The van der Waals surface area contributed by atoms with E-state index in [1.807, 2.05) is 5.10 Å². The average molecular weight is 242 g/mol. The molecule has 1 heterocycles. The molecule has 6 heteroatoms. The molecule has 0 bridgehead atoms. The molecule has 3 nitrogen and oxygen atoms in total. The van der Waals surface area contributed by atoms with E-state index in [2.05, 4.69) is 5.10 Å². The first-order valence-corrected chi connectivity index (χ1v) is 4.84. The Morgan fingerprint density at radius 3 is 2.35 bits per heavy atom. The summed E-state index contributed by atoms with van der Waals surface area (Å²) in [6, 6.07) is 8.40. The number of benzene rings is 1. The van der Waals surface area contributed by atoms with Crippen LogP contribution in [0.1, 0.15) is 11.3 Å². The highest BCUT2D eigenvalue weighted by Crippen LogP contribution is 2.34. The van der Waals surface area contributed by atoms with Crippen molar-refractivity contribution in [2.24, 2.45) is 0 Å². The van der Waals surface area contributed by atoms with Gasteiger partial charge in [0, 0.05) is 11.1 Å². The van der Waals surface area contributed by atoms with Gasteiger partial charge < -0.3 is 5.11 Å². The molecule has 0 aliphatic carbocycles. The minimum atomic E-state index is -4.54. The normalized spacial score (nSPS) is 11.8. The van der Waals surface area contributed by atoms with Crippen LogP contribution in [0.25, 0.3) is 11.3 Å². The maximum atomic E-state index is 12.6. The third kappa shape index (κ3) is 2.16. The monoisotopic (exact) mass is 242 g/mol. The second-order valence-electron chi connectivity index (χ2n) is 3.45. The third-order valence-corrected chi connectivity index (χ3v) is 2.36. The van der Waals surface area contributed by atoms with Crippen molar-refractivity contribution in [3.8, 4) is 11.3 Å². The summed E-state index contributed by atoms with van der Waals surface area (Å²) in [5.74, 6) is 0. The number of halogens is 3. The molecule has 0 spiro atoms. The fourth-order valence-electron chi connectivity index (χ4n) is 1.59. The van der Waals surface area contributed by atoms with E-state index in [0.29, 0.717) is 5.56 Å². The standard InChI is InChI=1S/C11H9F3N2O/c12-11(13,14)10-8(6-17)9(15-16-10)7-4-2-1-3-5-7/h1-5,17H,6H2,(H,15,16). The van der Waals surface area contributed by atoms with E-state index in [-0.39, 0.29) is 11.3 Å². The highest BCUT2D eigenvalue weighted by Gasteiger charge is 2.37. The summed E-state index contributed by atoms with van der Waals surface area (Å²) < 4.78 is 37.7. The van der Waals surface area contributed by atoms with Gasteiger partial charge in [-0.3, -0.25) is 5.10 Å². The Hall–Kier alpha value is -1.82. The lowest BCUT2D eigenvalue weighted by atomic mass is 10.1. The SMILES string of the molecule is OCc1c(-c2ccccc2)n[nH]c1C(F)(F)F. The number of aromatic nitrogens is 2. The molecule has 17 heavy (non-hydrogen) atoms. The first-order valence-electron chi connectivity index (χ1n) is 4.84. The van der Waals surface area contributed by atoms with Crippen LogP contribution in [0.3, 0.4) is 0 Å². The van der Waals surface area contributed by atoms with Crippen molar-refractivity contribution >= 4 is 0 Å². The van der Waals surface area contributed by atoms with E-state index in [1.165, 1.54) is 0 Å². The number of alkyl halides is 3. The van der Waals surface area contributed by atoms with Crippen molar-refractivity contribution < 1.29 is 18.3 Å². The zero-order valence-corrected chi connectivity index (χ0v) is 8.62. The van der Waals surface area contributed by atoms with Crippen LogP contribution in [0, 0.1) is 0 Å². The summed E-state index contributed by atoms with van der Waals surface area (Å²) in [6.45, 7) is -0.713. The fourth-order valence-corrected chi connectivity index (χ4v) is 1.59. The van der Waals surface area contributed by atoms with Gasteiger partial charge in [0.25, 0.3) is 0 Å². The number of H-pyrrole nitrogens is 1. The zero-order chi connectivity index (χ0) is 12.5. The number of nitrogens with zero attached hydrogens (tertiary/aromatic N) is 1. The maximum Gasteiger partial charge on any atom is 0.433 e. The molecule has 0 saturated heterocycles. The van der Waals surface area contributed by atoms with Crippen LogP contribution < -0.4 is 0 Å². The number of aliphatic hydroxyl groups is 1. The quantitative estimate of drug-likeness (QED) is 0.850. The Labute approximate surface area is 94.9 Å². The van der Waals surface area contributed by atoms with Gasteiger partial charge in [-0.15, -0.1) is 0 Å². The third-order valence-electron chi connectivity index (χ3n) is 2.36. The Balaban J connectivity index is 2.54. The van der Waals surface area contributed by atoms with Gasteiger partial charge in [0.1, 0.15) is 5.69 Å². The van der Waals surface area contributed by atoms with Gasteiger partial charge in [-0.1, -0.05) is 30.3 Å². The summed E-state index contributed by atoms with van der Waals surface area (Å²) in [4.78, 5) is 0. The molecule has 0 fully saturated rings. The van der Waals surface area contributed by atoms with Crippen molar-refractivity contribution in [1.82, 2.24) is 10.2 Å². The lowest BCUT2D eigenvalue weighted by Gasteiger charge is -2.06. The molecule has 1 aromatic heterocycles. The van der Waals surface area contributed by atoms with Crippen LogP contribution in [0.5, 0.6) is 0 Å². The minimum Gasteiger partial charge on any atom is -0.392 e. The zero-order valence-electron chi connectivity index (χ0n) is 8.62. The summed E-state index contributed by atoms with van der Waals surface area (Å²) in [7, 11) is 0. The largest absolute Gasteiger partial charge is 0.433 e. The van der Waals surface area contributed by atoms with Gasteiger partial charge in [-0.2, -0.15) is 18.3 Å². The maximum absolute atomic E-state index is 12.6. The van der Waals surface area contributed by atoms with E-state index >= 15 is 0 Å². The summed E-state index contributed by atoms with van der Waals surface area (Å²) in [6.07, 6.45) is -4.54. The van der Waals surface area contributed by atoms with Crippen LogP contribution in [0.4, 0.5) is 13.2 Å². The molecule has 2 aromatic rings. The van der Waals surface area contributed by atoms with Gasteiger partial charge in [0.15, 0.2) is 0 Å². The molecule has 0 aliphatic heterocycles. The smallest absolute Gasteiger partial charge is 0.392 e. The number of hydrogen-bond donors (Lipinski definition) is 2. The Morgan fingerprint density at radius 1 is 1.18 bits per heavy atom. The number of hydrogen-bond acceptors (Lipinski definition) is 2. The van der Waals surface area contributed by atoms with Crippen LogP contribution in [-0.4, -0.2) is 15.3 Å². The lowest BCUT2D eigenvalue weighted by Crippen LogP contribution is -2.09. The summed E-state index contributed by atoms with van der Waals surface area (Å²) in [5, 5.41) is 14.6. The molecule has 0 atom stereocenters. The minimum absolute atomic E-state index is 0.125. The first-order chi connectivity index (χ1) is 8.04. The van der Waals surface area contributed by atoms with E-state index in [0.717, 1.165) is 0 Å². The van der Waals surface area contributed by atoms with Crippen molar-refractivity contribution in [3.05, 3.63) is 41.6 Å². The Bertz CT molecular complexity index is 505. The topological polar surface area (TPSA) is 48.9 Å². The highest BCUT2D eigenvalue weighted by molar-refractivity contribution is 5.63. The molecule has 0 unspecified atom stereocenters. The fraction of sp³-hybridized carbons (Fsp3) is 0.182. The molecule has 1 aromatic carbocycles. The first kappa shape index (κ1) is 11.7. The molecule has 0 amide bonds. The van der Waals surface area contributed by atoms with Gasteiger partial charge in [0.2, 0.25) is 0 Å². The molecule has 0 radical (unpaired) electrons. The van der Waals surface area contributed by atoms with E-state index in [4.69, 9.17) is 5.11 Å². The van der Waals surface area contributed by atoms with Gasteiger partial charge in [0.05, 0.1) is 12.3 Å². The van der Waals surface area contributed by atoms with Crippen molar-refractivity contribution in [1.29, 1.82) is 0 Å². The van der Waals surface area contributed by atoms with E-state index in [1.54, 1.807) is 30.3 Å². The summed E-state index contributed by atoms with van der Waals surface area (Å²) >= 11 is 0. The molecule has 0 aliphatic rings. The molecular weight excluding hydrogens is 233 g/mol. The van der Waals surface area contributed by atoms with Crippen LogP contribution in [-0.2, 0) is 12.8 Å². The number of nitrogens with one attached hydrogen (secondary N) is 1. The number of aromatic amines is 1. The Morgan fingerprint density at radius 2 is 1.82 bits per heavy atom. The molecular formula is C11H9F3N2O. The molecule has 0 saturated carbocycles. The van der Waals surface area contributed by atoms with Crippen molar-refractivity contribution in [2.45, 2.75) is 12.8 Å². The molecule has 2 N–H and O–H groups in total. The van der Waals surface area contributed by atoms with E-state index < -0.39 is 18.5 Å². The Kier molecular flexibility index (Phi) is 2.89. The van der Waals surface area contributed by atoms with Gasteiger partial charge in [-0.05, 0) is 0 Å². The average Bonchev–Trinajstić information content (AvgIpc) is 2.73.